The van der Waals surface area contributed by atoms with E-state index in [1.807, 2.05) is 61.5 Å². The van der Waals surface area contributed by atoms with Crippen LogP contribution < -0.4 is 14.4 Å². The van der Waals surface area contributed by atoms with E-state index in [1.165, 1.54) is 17.0 Å². The fraction of sp³-hybridized carbons (Fsp3) is 0.297. The van der Waals surface area contributed by atoms with Gasteiger partial charge in [0.1, 0.15) is 24.1 Å². The molecule has 0 spiro atoms. The van der Waals surface area contributed by atoms with Crippen molar-refractivity contribution in [2.24, 2.45) is 0 Å². The smallest absolute Gasteiger partial charge is 0.264 e. The van der Waals surface area contributed by atoms with Crippen molar-refractivity contribution >= 4 is 27.5 Å². The number of aryl methyl sites for hydroxylation is 1. The lowest BCUT2D eigenvalue weighted by molar-refractivity contribution is -0.139. The van der Waals surface area contributed by atoms with Gasteiger partial charge >= 0.3 is 0 Å². The van der Waals surface area contributed by atoms with Gasteiger partial charge in [0.05, 0.1) is 10.6 Å². The van der Waals surface area contributed by atoms with E-state index in [9.17, 15) is 18.0 Å². The van der Waals surface area contributed by atoms with E-state index in [0.29, 0.717) is 17.2 Å². The highest BCUT2D eigenvalue weighted by Crippen LogP contribution is 2.29. The van der Waals surface area contributed by atoms with Crippen LogP contribution in [-0.4, -0.2) is 43.8 Å². The zero-order chi connectivity index (χ0) is 32.5. The number of sulfonamides is 1. The summed E-state index contributed by atoms with van der Waals surface area (Å²) in [5, 5.41) is 3.14. The molecule has 0 unspecified atom stereocenters. The Labute approximate surface area is 272 Å². The average Bonchev–Trinajstić information content (AvgIpc) is 3.08. The lowest BCUT2D eigenvalue weighted by Gasteiger charge is -2.33. The minimum absolute atomic E-state index is 0.0564. The van der Waals surface area contributed by atoms with Crippen molar-refractivity contribution in [3.8, 4) is 11.5 Å². The Morgan fingerprint density at radius 3 is 2.04 bits per heavy atom. The Morgan fingerprint density at radius 2 is 1.39 bits per heavy atom. The molecule has 4 aromatic carbocycles. The molecular weight excluding hydrogens is 598 g/mol. The molecule has 0 aromatic heterocycles. The SMILES string of the molecule is Cc1ccccc1CN(C(=O)CN(c1ccc(Oc2ccccc2)cc1)S(=O)(=O)c1ccccc1)[C@H](C)C(=O)NC1CCCCC1. The van der Waals surface area contributed by atoms with Gasteiger partial charge in [-0.05, 0) is 86.3 Å². The first-order chi connectivity index (χ1) is 22.2. The number of nitrogens with one attached hydrogen (secondary N) is 1. The molecule has 0 saturated heterocycles. The molecule has 1 atom stereocenters. The second-order valence-corrected chi connectivity index (χ2v) is 13.6. The van der Waals surface area contributed by atoms with Gasteiger partial charge in [-0.15, -0.1) is 0 Å². The number of hydrogen-bond acceptors (Lipinski definition) is 5. The van der Waals surface area contributed by atoms with Crippen molar-refractivity contribution in [2.75, 3.05) is 10.8 Å². The monoisotopic (exact) mass is 639 g/mol. The number of para-hydroxylation sites is 1. The maximum Gasteiger partial charge on any atom is 0.264 e. The van der Waals surface area contributed by atoms with Gasteiger partial charge in [0.2, 0.25) is 11.8 Å². The first-order valence-corrected chi connectivity index (χ1v) is 17.2. The number of nitrogens with zero attached hydrogens (tertiary/aromatic N) is 2. The predicted octanol–water partition coefficient (Wildman–Crippen LogP) is 6.85. The van der Waals surface area contributed by atoms with Gasteiger partial charge in [-0.3, -0.25) is 13.9 Å². The zero-order valence-electron chi connectivity index (χ0n) is 26.3. The van der Waals surface area contributed by atoms with Gasteiger partial charge in [0.25, 0.3) is 10.0 Å². The van der Waals surface area contributed by atoms with Crippen LogP contribution in [0.15, 0.2) is 114 Å². The van der Waals surface area contributed by atoms with Crippen LogP contribution in [0.25, 0.3) is 0 Å². The van der Waals surface area contributed by atoms with Gasteiger partial charge in [-0.1, -0.05) is 79.9 Å². The highest BCUT2D eigenvalue weighted by molar-refractivity contribution is 7.92. The van der Waals surface area contributed by atoms with Crippen LogP contribution in [0.2, 0.25) is 0 Å². The van der Waals surface area contributed by atoms with E-state index in [4.69, 9.17) is 4.74 Å². The van der Waals surface area contributed by atoms with Crippen LogP contribution in [0, 0.1) is 6.92 Å². The predicted molar refractivity (Wildman–Crippen MR) is 180 cm³/mol. The molecule has 1 aliphatic rings. The van der Waals surface area contributed by atoms with Crippen LogP contribution in [0.4, 0.5) is 5.69 Å². The van der Waals surface area contributed by atoms with E-state index in [-0.39, 0.29) is 23.4 Å². The van der Waals surface area contributed by atoms with Gasteiger partial charge in [-0.25, -0.2) is 8.42 Å². The van der Waals surface area contributed by atoms with Crippen molar-refractivity contribution in [3.63, 3.8) is 0 Å². The largest absolute Gasteiger partial charge is 0.457 e. The quantitative estimate of drug-likeness (QED) is 0.183. The third-order valence-electron chi connectivity index (χ3n) is 8.43. The first kappa shape index (κ1) is 32.8. The van der Waals surface area contributed by atoms with E-state index in [0.717, 1.165) is 47.5 Å². The number of carbonyl (C=O) groups excluding carboxylic acids is 2. The van der Waals surface area contributed by atoms with Gasteiger partial charge in [0.15, 0.2) is 0 Å². The van der Waals surface area contributed by atoms with Crippen molar-refractivity contribution in [3.05, 3.63) is 120 Å². The molecule has 1 aliphatic carbocycles. The van der Waals surface area contributed by atoms with Crippen molar-refractivity contribution in [2.45, 2.75) is 69.5 Å². The summed E-state index contributed by atoms with van der Waals surface area (Å²) in [5.41, 5.74) is 2.16. The lowest BCUT2D eigenvalue weighted by Crippen LogP contribution is -2.53. The normalized spacial score (nSPS) is 14.2. The molecule has 240 valence electrons. The van der Waals surface area contributed by atoms with Crippen LogP contribution >= 0.6 is 0 Å². The molecule has 5 rings (SSSR count). The summed E-state index contributed by atoms with van der Waals surface area (Å²) in [4.78, 5) is 29.4. The van der Waals surface area contributed by atoms with E-state index in [2.05, 4.69) is 5.32 Å². The fourth-order valence-corrected chi connectivity index (χ4v) is 7.11. The minimum Gasteiger partial charge on any atom is -0.457 e. The molecule has 9 heteroatoms. The molecule has 0 heterocycles. The topological polar surface area (TPSA) is 96.0 Å². The number of rotatable bonds is 12. The Kier molecular flexibility index (Phi) is 10.8. The highest BCUT2D eigenvalue weighted by Gasteiger charge is 2.33. The van der Waals surface area contributed by atoms with Gasteiger partial charge < -0.3 is 15.0 Å². The number of amides is 2. The van der Waals surface area contributed by atoms with E-state index < -0.39 is 28.5 Å². The first-order valence-electron chi connectivity index (χ1n) is 15.8. The van der Waals surface area contributed by atoms with Crippen LogP contribution in [-0.2, 0) is 26.2 Å². The third-order valence-corrected chi connectivity index (χ3v) is 10.2. The zero-order valence-corrected chi connectivity index (χ0v) is 27.2. The van der Waals surface area contributed by atoms with Crippen LogP contribution in [0.1, 0.15) is 50.2 Å². The molecule has 46 heavy (non-hydrogen) atoms. The highest BCUT2D eigenvalue weighted by atomic mass is 32.2. The number of hydrogen-bond donors (Lipinski definition) is 1. The summed E-state index contributed by atoms with van der Waals surface area (Å²) in [6.07, 6.45) is 5.11. The molecule has 2 amide bonds. The number of ether oxygens (including phenoxy) is 1. The molecule has 1 fully saturated rings. The van der Waals surface area contributed by atoms with Gasteiger partial charge in [0, 0.05) is 12.6 Å². The van der Waals surface area contributed by atoms with Gasteiger partial charge in [-0.2, -0.15) is 0 Å². The standard InChI is InChI=1S/C37H41N3O5S/c1-28-14-12-13-15-30(28)26-39(29(2)37(42)38-31-16-6-3-7-17-31)36(41)27-40(46(43,44)35-20-10-5-11-21-35)32-22-24-34(25-23-32)45-33-18-8-4-9-19-33/h4-5,8-15,18-25,29,31H,3,6-7,16-17,26-27H2,1-2H3,(H,38,42)/t29-/m1/s1. The minimum atomic E-state index is -4.16. The molecular formula is C37H41N3O5S. The number of carbonyl (C=O) groups is 2. The maximum absolute atomic E-state index is 14.3. The Bertz CT molecular complexity index is 1710. The Hall–Kier alpha value is -4.63. The molecule has 1 N–H and O–H groups in total. The Morgan fingerprint density at radius 1 is 0.804 bits per heavy atom. The van der Waals surface area contributed by atoms with Crippen LogP contribution in [0.3, 0.4) is 0 Å². The summed E-state index contributed by atoms with van der Waals surface area (Å²) < 4.78 is 35.2. The van der Waals surface area contributed by atoms with Crippen molar-refractivity contribution in [1.82, 2.24) is 10.2 Å². The van der Waals surface area contributed by atoms with Crippen molar-refractivity contribution < 1.29 is 22.7 Å². The summed E-state index contributed by atoms with van der Waals surface area (Å²) >= 11 is 0. The fourth-order valence-electron chi connectivity index (χ4n) is 5.68. The maximum atomic E-state index is 14.3. The average molecular weight is 640 g/mol. The molecule has 1 saturated carbocycles. The van der Waals surface area contributed by atoms with E-state index in [1.54, 1.807) is 49.4 Å². The van der Waals surface area contributed by atoms with Crippen molar-refractivity contribution in [1.29, 1.82) is 0 Å². The summed E-state index contributed by atoms with van der Waals surface area (Å²) in [6.45, 7) is 3.33. The third kappa shape index (κ3) is 8.14. The van der Waals surface area contributed by atoms with Crippen LogP contribution in [0.5, 0.6) is 11.5 Å². The summed E-state index contributed by atoms with van der Waals surface area (Å²) in [7, 11) is -4.16. The molecule has 0 radical (unpaired) electrons. The summed E-state index contributed by atoms with van der Waals surface area (Å²) in [6, 6.07) is 30.8. The molecule has 4 aromatic rings. The van der Waals surface area contributed by atoms with E-state index >= 15 is 0 Å². The number of benzene rings is 4. The summed E-state index contributed by atoms with van der Waals surface area (Å²) in [5.74, 6) is 0.437. The second-order valence-electron chi connectivity index (χ2n) is 11.7. The molecule has 8 nitrogen and oxygen atoms in total. The molecule has 0 aliphatic heterocycles. The lowest BCUT2D eigenvalue weighted by atomic mass is 9.95. The molecule has 0 bridgehead atoms. The Balaban J connectivity index is 1.46. The number of anilines is 1. The second kappa shape index (κ2) is 15.1.